The molecule has 7 heteroatoms. The third-order valence-corrected chi connectivity index (χ3v) is 3.27. The van der Waals surface area contributed by atoms with Gasteiger partial charge in [0.1, 0.15) is 13.2 Å². The number of rotatable bonds is 10. The highest BCUT2D eigenvalue weighted by Gasteiger charge is 2.17. The molecule has 0 unspecified atom stereocenters. The average Bonchev–Trinajstić information content (AvgIpc) is 2.49. The molecule has 0 heterocycles. The Morgan fingerprint density at radius 3 is 2.05 bits per heavy atom. The summed E-state index contributed by atoms with van der Waals surface area (Å²) in [5, 5.41) is 0. The van der Waals surface area contributed by atoms with E-state index in [1.807, 2.05) is 0 Å². The predicted molar refractivity (Wildman–Crippen MR) is 84.8 cm³/mol. The maximum absolute atomic E-state index is 11.9. The van der Waals surface area contributed by atoms with Crippen molar-refractivity contribution >= 4 is 21.9 Å². The summed E-state index contributed by atoms with van der Waals surface area (Å²) in [6.07, 6.45) is 0. The summed E-state index contributed by atoms with van der Waals surface area (Å²) in [6, 6.07) is 3.28. The van der Waals surface area contributed by atoms with Crippen molar-refractivity contribution < 1.29 is 28.5 Å². The highest BCUT2D eigenvalue weighted by atomic mass is 79.9. The SMILES string of the molecule is CCOC(=O)c1cc(OCCOC)c(OCCOC)cc1Br. The molecule has 0 bridgehead atoms. The second-order valence-corrected chi connectivity index (χ2v) is 5.04. The number of methoxy groups -OCH3 is 2. The fraction of sp³-hybridized carbons (Fsp3) is 0.533. The Hall–Kier alpha value is -1.31. The summed E-state index contributed by atoms with van der Waals surface area (Å²) in [6.45, 7) is 3.67. The summed E-state index contributed by atoms with van der Waals surface area (Å²) in [5.41, 5.74) is 0.383. The molecule has 0 fully saturated rings. The number of halogens is 1. The molecule has 1 rings (SSSR count). The molecule has 22 heavy (non-hydrogen) atoms. The first-order valence-corrected chi connectivity index (χ1v) is 7.67. The van der Waals surface area contributed by atoms with Crippen LogP contribution in [0, 0.1) is 0 Å². The first kappa shape index (κ1) is 18.7. The maximum Gasteiger partial charge on any atom is 0.339 e. The van der Waals surface area contributed by atoms with Crippen LogP contribution in [0.3, 0.4) is 0 Å². The molecule has 0 saturated carbocycles. The van der Waals surface area contributed by atoms with Crippen LogP contribution in [0.4, 0.5) is 0 Å². The van der Waals surface area contributed by atoms with E-state index in [9.17, 15) is 4.79 Å². The summed E-state index contributed by atoms with van der Waals surface area (Å²) in [4.78, 5) is 11.9. The molecule has 0 spiro atoms. The van der Waals surface area contributed by atoms with Crippen molar-refractivity contribution in [2.45, 2.75) is 6.92 Å². The zero-order chi connectivity index (χ0) is 16.4. The lowest BCUT2D eigenvalue weighted by molar-refractivity contribution is 0.0524. The van der Waals surface area contributed by atoms with E-state index in [1.165, 1.54) is 0 Å². The summed E-state index contributed by atoms with van der Waals surface area (Å²) in [7, 11) is 3.18. The molecule has 0 amide bonds. The smallest absolute Gasteiger partial charge is 0.339 e. The molecule has 0 aromatic heterocycles. The molecular weight excluding hydrogens is 356 g/mol. The van der Waals surface area contributed by atoms with Gasteiger partial charge in [-0.15, -0.1) is 0 Å². The van der Waals surface area contributed by atoms with Gasteiger partial charge < -0.3 is 23.7 Å². The number of benzene rings is 1. The van der Waals surface area contributed by atoms with Gasteiger partial charge in [-0.1, -0.05) is 0 Å². The lowest BCUT2D eigenvalue weighted by Gasteiger charge is -2.15. The number of hydrogen-bond acceptors (Lipinski definition) is 6. The van der Waals surface area contributed by atoms with Crippen molar-refractivity contribution in [3.63, 3.8) is 0 Å². The van der Waals surface area contributed by atoms with E-state index in [1.54, 1.807) is 33.3 Å². The van der Waals surface area contributed by atoms with Crippen molar-refractivity contribution in [2.24, 2.45) is 0 Å². The number of esters is 1. The molecule has 6 nitrogen and oxygen atoms in total. The van der Waals surface area contributed by atoms with Crippen LogP contribution in [-0.4, -0.2) is 53.2 Å². The highest BCUT2D eigenvalue weighted by Crippen LogP contribution is 2.34. The minimum Gasteiger partial charge on any atom is -0.487 e. The van der Waals surface area contributed by atoms with Gasteiger partial charge in [0, 0.05) is 18.7 Å². The van der Waals surface area contributed by atoms with Gasteiger partial charge in [0.25, 0.3) is 0 Å². The van der Waals surface area contributed by atoms with E-state index in [0.29, 0.717) is 54.6 Å². The normalized spacial score (nSPS) is 10.4. The Kier molecular flexibility index (Phi) is 8.88. The molecule has 0 radical (unpaired) electrons. The van der Waals surface area contributed by atoms with Crippen LogP contribution in [0.1, 0.15) is 17.3 Å². The fourth-order valence-corrected chi connectivity index (χ4v) is 2.08. The van der Waals surface area contributed by atoms with E-state index in [4.69, 9.17) is 23.7 Å². The molecule has 1 aromatic carbocycles. The van der Waals surface area contributed by atoms with Gasteiger partial charge in [-0.25, -0.2) is 4.79 Å². The zero-order valence-corrected chi connectivity index (χ0v) is 14.6. The van der Waals surface area contributed by atoms with Gasteiger partial charge in [0.05, 0.1) is 25.4 Å². The third-order valence-electron chi connectivity index (χ3n) is 2.62. The largest absolute Gasteiger partial charge is 0.487 e. The second-order valence-electron chi connectivity index (χ2n) is 4.18. The van der Waals surface area contributed by atoms with Crippen LogP contribution in [-0.2, 0) is 14.2 Å². The Bertz CT molecular complexity index is 477. The molecule has 0 aliphatic carbocycles. The molecule has 0 N–H and O–H groups in total. The lowest BCUT2D eigenvalue weighted by Crippen LogP contribution is -2.11. The molecular formula is C15H21BrO6. The van der Waals surface area contributed by atoms with Gasteiger partial charge in [-0.3, -0.25) is 0 Å². The Balaban J connectivity index is 2.97. The van der Waals surface area contributed by atoms with Crippen LogP contribution in [0.15, 0.2) is 16.6 Å². The molecule has 124 valence electrons. The van der Waals surface area contributed by atoms with Gasteiger partial charge >= 0.3 is 5.97 Å². The molecule has 0 aliphatic heterocycles. The minimum absolute atomic E-state index is 0.303. The van der Waals surface area contributed by atoms with Crippen molar-refractivity contribution in [1.82, 2.24) is 0 Å². The van der Waals surface area contributed by atoms with Crippen molar-refractivity contribution in [2.75, 3.05) is 47.3 Å². The van der Waals surface area contributed by atoms with Crippen LogP contribution >= 0.6 is 15.9 Å². The number of carbonyl (C=O) groups is 1. The van der Waals surface area contributed by atoms with E-state index < -0.39 is 5.97 Å². The van der Waals surface area contributed by atoms with Gasteiger partial charge in [0.2, 0.25) is 0 Å². The summed E-state index contributed by atoms with van der Waals surface area (Å²) < 4.78 is 26.7. The molecule has 0 saturated heterocycles. The van der Waals surface area contributed by atoms with E-state index >= 15 is 0 Å². The number of hydrogen-bond donors (Lipinski definition) is 0. The quantitative estimate of drug-likeness (QED) is 0.462. The van der Waals surface area contributed by atoms with Crippen LogP contribution < -0.4 is 9.47 Å². The first-order valence-electron chi connectivity index (χ1n) is 6.88. The van der Waals surface area contributed by atoms with Crippen LogP contribution in [0.25, 0.3) is 0 Å². The summed E-state index contributed by atoms with van der Waals surface area (Å²) in [5.74, 6) is 0.557. The van der Waals surface area contributed by atoms with Crippen molar-refractivity contribution in [1.29, 1.82) is 0 Å². The Morgan fingerprint density at radius 2 is 1.55 bits per heavy atom. The van der Waals surface area contributed by atoms with E-state index in [-0.39, 0.29) is 0 Å². The summed E-state index contributed by atoms with van der Waals surface area (Å²) >= 11 is 3.35. The monoisotopic (exact) mass is 376 g/mol. The third kappa shape index (κ3) is 5.82. The minimum atomic E-state index is -0.422. The van der Waals surface area contributed by atoms with Gasteiger partial charge in [-0.2, -0.15) is 0 Å². The Labute approximate surface area is 138 Å². The average molecular weight is 377 g/mol. The second kappa shape index (κ2) is 10.4. The van der Waals surface area contributed by atoms with E-state index in [0.717, 1.165) is 0 Å². The highest BCUT2D eigenvalue weighted by molar-refractivity contribution is 9.10. The zero-order valence-electron chi connectivity index (χ0n) is 13.0. The Morgan fingerprint density at radius 1 is 1.00 bits per heavy atom. The predicted octanol–water partition coefficient (Wildman–Crippen LogP) is 2.68. The topological polar surface area (TPSA) is 63.2 Å². The van der Waals surface area contributed by atoms with Gasteiger partial charge in [-0.05, 0) is 35.0 Å². The standard InChI is InChI=1S/C15H21BrO6/c1-4-20-15(17)11-9-13(21-7-5-18-2)14(10-12(11)16)22-8-6-19-3/h9-10H,4-8H2,1-3H3. The number of ether oxygens (including phenoxy) is 5. The van der Waals surface area contributed by atoms with E-state index in [2.05, 4.69) is 15.9 Å². The maximum atomic E-state index is 11.9. The first-order chi connectivity index (χ1) is 10.6. The van der Waals surface area contributed by atoms with Crippen molar-refractivity contribution in [3.8, 4) is 11.5 Å². The molecule has 0 atom stereocenters. The van der Waals surface area contributed by atoms with Crippen LogP contribution in [0.2, 0.25) is 0 Å². The molecule has 1 aromatic rings. The van der Waals surface area contributed by atoms with Crippen LogP contribution in [0.5, 0.6) is 11.5 Å². The lowest BCUT2D eigenvalue weighted by atomic mass is 10.2. The fourth-order valence-electron chi connectivity index (χ4n) is 1.60. The van der Waals surface area contributed by atoms with Gasteiger partial charge in [0.15, 0.2) is 11.5 Å². The number of carbonyl (C=O) groups excluding carboxylic acids is 1. The van der Waals surface area contributed by atoms with Crippen molar-refractivity contribution in [3.05, 3.63) is 22.2 Å². The molecule has 0 aliphatic rings.